The first-order valence-electron chi connectivity index (χ1n) is 6.94. The fraction of sp³-hybridized carbons (Fsp3) is 0.375. The van der Waals surface area contributed by atoms with Crippen LogP contribution >= 0.6 is 27.3 Å². The standard InChI is InChI=1S/C16H18BrNOS/c1-3-18-16(15-9-13(17)10(2)20-15)12-4-5-14-11(8-12)6-7-19-14/h4-5,8-9,16,18H,3,6-7H2,1-2H3. The molecule has 1 aliphatic rings. The number of benzene rings is 1. The molecule has 0 fully saturated rings. The highest BCUT2D eigenvalue weighted by atomic mass is 79.9. The molecule has 0 saturated heterocycles. The van der Waals surface area contributed by atoms with Crippen molar-refractivity contribution in [1.82, 2.24) is 5.32 Å². The molecular weight excluding hydrogens is 334 g/mol. The minimum Gasteiger partial charge on any atom is -0.493 e. The Balaban J connectivity index is 1.98. The number of nitrogens with one attached hydrogen (secondary N) is 1. The number of hydrogen-bond donors (Lipinski definition) is 1. The molecule has 1 atom stereocenters. The minimum absolute atomic E-state index is 0.265. The monoisotopic (exact) mass is 351 g/mol. The van der Waals surface area contributed by atoms with Crippen LogP contribution in [0.2, 0.25) is 0 Å². The predicted molar refractivity (Wildman–Crippen MR) is 87.9 cm³/mol. The Kier molecular flexibility index (Phi) is 4.15. The van der Waals surface area contributed by atoms with Gasteiger partial charge in [-0.1, -0.05) is 19.1 Å². The molecule has 2 nitrogen and oxygen atoms in total. The van der Waals surface area contributed by atoms with E-state index in [4.69, 9.17) is 4.74 Å². The molecule has 0 spiro atoms. The highest BCUT2D eigenvalue weighted by Crippen LogP contribution is 2.36. The third-order valence-electron chi connectivity index (χ3n) is 3.62. The lowest BCUT2D eigenvalue weighted by molar-refractivity contribution is 0.357. The number of aryl methyl sites for hydroxylation is 1. The Labute approximate surface area is 132 Å². The molecule has 4 heteroatoms. The number of rotatable bonds is 4. The third kappa shape index (κ3) is 2.65. The number of ether oxygens (including phenoxy) is 1. The van der Waals surface area contributed by atoms with E-state index in [1.807, 2.05) is 11.3 Å². The number of hydrogen-bond acceptors (Lipinski definition) is 3. The summed E-state index contributed by atoms with van der Waals surface area (Å²) >= 11 is 5.47. The van der Waals surface area contributed by atoms with Gasteiger partial charge < -0.3 is 10.1 Å². The van der Waals surface area contributed by atoms with Gasteiger partial charge in [-0.25, -0.2) is 0 Å². The summed E-state index contributed by atoms with van der Waals surface area (Å²) in [5.74, 6) is 1.05. The summed E-state index contributed by atoms with van der Waals surface area (Å²) in [5, 5.41) is 3.60. The van der Waals surface area contributed by atoms with Crippen LogP contribution in [0.5, 0.6) is 5.75 Å². The fourth-order valence-electron chi connectivity index (χ4n) is 2.60. The second-order valence-electron chi connectivity index (χ2n) is 5.01. The first-order chi connectivity index (χ1) is 9.69. The van der Waals surface area contributed by atoms with Crippen molar-refractivity contribution in [1.29, 1.82) is 0 Å². The Morgan fingerprint density at radius 1 is 1.40 bits per heavy atom. The molecule has 0 radical (unpaired) electrons. The fourth-order valence-corrected chi connectivity index (χ4v) is 4.26. The van der Waals surface area contributed by atoms with Gasteiger partial charge in [-0.2, -0.15) is 0 Å². The van der Waals surface area contributed by atoms with Crippen LogP contribution in [0, 0.1) is 6.92 Å². The van der Waals surface area contributed by atoms with Crippen molar-refractivity contribution in [2.45, 2.75) is 26.3 Å². The summed E-state index contributed by atoms with van der Waals surface area (Å²) in [5.41, 5.74) is 2.66. The molecule has 0 aliphatic carbocycles. The number of thiophene rings is 1. The molecule has 1 aromatic carbocycles. The molecule has 0 bridgehead atoms. The summed E-state index contributed by atoms with van der Waals surface area (Å²) in [6.45, 7) is 6.07. The van der Waals surface area contributed by atoms with Crippen molar-refractivity contribution in [3.63, 3.8) is 0 Å². The second kappa shape index (κ2) is 5.88. The van der Waals surface area contributed by atoms with E-state index in [2.05, 4.69) is 59.4 Å². The van der Waals surface area contributed by atoms with Gasteiger partial charge in [0.05, 0.1) is 12.6 Å². The lowest BCUT2D eigenvalue weighted by Gasteiger charge is -2.17. The molecule has 2 heterocycles. The maximum Gasteiger partial charge on any atom is 0.122 e. The van der Waals surface area contributed by atoms with Gasteiger partial charge in [-0.15, -0.1) is 11.3 Å². The molecule has 2 aromatic rings. The lowest BCUT2D eigenvalue weighted by Crippen LogP contribution is -2.21. The Bertz CT molecular complexity index is 603. The SMILES string of the molecule is CCNC(c1ccc2c(c1)CCO2)c1cc(Br)c(C)s1. The highest BCUT2D eigenvalue weighted by Gasteiger charge is 2.19. The molecule has 1 aromatic heterocycles. The summed E-state index contributed by atoms with van der Waals surface area (Å²) in [4.78, 5) is 2.68. The van der Waals surface area contributed by atoms with Crippen molar-refractivity contribution in [3.8, 4) is 5.75 Å². The first-order valence-corrected chi connectivity index (χ1v) is 8.55. The first kappa shape index (κ1) is 14.1. The van der Waals surface area contributed by atoms with Crippen LogP contribution in [0.25, 0.3) is 0 Å². The van der Waals surface area contributed by atoms with Gasteiger partial charge in [0.2, 0.25) is 0 Å². The molecule has 1 N–H and O–H groups in total. The Morgan fingerprint density at radius 2 is 2.25 bits per heavy atom. The van der Waals surface area contributed by atoms with Gasteiger partial charge in [0.15, 0.2) is 0 Å². The van der Waals surface area contributed by atoms with E-state index in [1.54, 1.807) is 0 Å². The van der Waals surface area contributed by atoms with Crippen LogP contribution in [-0.4, -0.2) is 13.2 Å². The molecule has 20 heavy (non-hydrogen) atoms. The molecular formula is C16H18BrNOS. The van der Waals surface area contributed by atoms with Crippen LogP contribution in [0.15, 0.2) is 28.7 Å². The average molecular weight is 352 g/mol. The average Bonchev–Trinajstić information content (AvgIpc) is 3.02. The van der Waals surface area contributed by atoms with E-state index < -0.39 is 0 Å². The molecule has 1 aliphatic heterocycles. The highest BCUT2D eigenvalue weighted by molar-refractivity contribution is 9.10. The maximum absolute atomic E-state index is 5.60. The van der Waals surface area contributed by atoms with Gasteiger partial charge in [0, 0.05) is 20.6 Å². The van der Waals surface area contributed by atoms with Crippen molar-refractivity contribution in [2.24, 2.45) is 0 Å². The Morgan fingerprint density at radius 3 is 2.95 bits per heavy atom. The maximum atomic E-state index is 5.60. The van der Waals surface area contributed by atoms with Gasteiger partial charge in [-0.3, -0.25) is 0 Å². The quantitative estimate of drug-likeness (QED) is 0.878. The largest absolute Gasteiger partial charge is 0.493 e. The van der Waals surface area contributed by atoms with Crippen molar-refractivity contribution in [2.75, 3.05) is 13.2 Å². The number of halogens is 1. The molecule has 0 amide bonds. The zero-order valence-corrected chi connectivity index (χ0v) is 14.1. The van der Waals surface area contributed by atoms with Crippen LogP contribution in [0.3, 0.4) is 0 Å². The zero-order valence-electron chi connectivity index (χ0n) is 11.7. The second-order valence-corrected chi connectivity index (χ2v) is 7.15. The van der Waals surface area contributed by atoms with E-state index >= 15 is 0 Å². The van der Waals surface area contributed by atoms with Gasteiger partial charge >= 0.3 is 0 Å². The smallest absolute Gasteiger partial charge is 0.122 e. The molecule has 106 valence electrons. The third-order valence-corrected chi connectivity index (χ3v) is 5.82. The minimum atomic E-state index is 0.265. The van der Waals surface area contributed by atoms with Crippen LogP contribution in [0.4, 0.5) is 0 Å². The zero-order chi connectivity index (χ0) is 14.1. The van der Waals surface area contributed by atoms with Gasteiger partial charge in [0.25, 0.3) is 0 Å². The van der Waals surface area contributed by atoms with Crippen LogP contribution < -0.4 is 10.1 Å². The molecule has 0 saturated carbocycles. The topological polar surface area (TPSA) is 21.3 Å². The summed E-state index contributed by atoms with van der Waals surface area (Å²) in [7, 11) is 0. The summed E-state index contributed by atoms with van der Waals surface area (Å²) in [6.07, 6.45) is 1.02. The van der Waals surface area contributed by atoms with Crippen LogP contribution in [0.1, 0.15) is 33.8 Å². The Hall–Kier alpha value is -0.840. The predicted octanol–water partition coefficient (Wildman–Crippen LogP) is 4.45. The molecule has 3 rings (SSSR count). The summed E-state index contributed by atoms with van der Waals surface area (Å²) < 4.78 is 6.80. The molecule has 1 unspecified atom stereocenters. The number of fused-ring (bicyclic) bond motifs is 1. The van der Waals surface area contributed by atoms with E-state index in [9.17, 15) is 0 Å². The van der Waals surface area contributed by atoms with Crippen molar-refractivity contribution < 1.29 is 4.74 Å². The van der Waals surface area contributed by atoms with Crippen molar-refractivity contribution in [3.05, 3.63) is 49.6 Å². The van der Waals surface area contributed by atoms with Crippen molar-refractivity contribution >= 4 is 27.3 Å². The lowest BCUT2D eigenvalue weighted by atomic mass is 10.0. The van der Waals surface area contributed by atoms with E-state index in [0.29, 0.717) is 0 Å². The van der Waals surface area contributed by atoms with E-state index in [-0.39, 0.29) is 6.04 Å². The van der Waals surface area contributed by atoms with Crippen LogP contribution in [-0.2, 0) is 6.42 Å². The normalized spacial score (nSPS) is 14.9. The van der Waals surface area contributed by atoms with E-state index in [1.165, 1.54) is 25.4 Å². The van der Waals surface area contributed by atoms with Gasteiger partial charge in [0.1, 0.15) is 5.75 Å². The van der Waals surface area contributed by atoms with Gasteiger partial charge in [-0.05, 0) is 52.7 Å². The van der Waals surface area contributed by atoms with E-state index in [0.717, 1.165) is 25.3 Å². The summed E-state index contributed by atoms with van der Waals surface area (Å²) in [6, 6.07) is 9.08.